The summed E-state index contributed by atoms with van der Waals surface area (Å²) in [5.74, 6) is 1.68. The number of aryl methyl sites for hydroxylation is 1. The third-order valence-corrected chi connectivity index (χ3v) is 3.11. The maximum Gasteiger partial charge on any atom is 0.163 e. The van der Waals surface area contributed by atoms with Crippen LogP contribution in [0.3, 0.4) is 0 Å². The molecule has 0 amide bonds. The number of benzene rings is 1. The average Bonchev–Trinajstić information content (AvgIpc) is 2.64. The van der Waals surface area contributed by atoms with E-state index < -0.39 is 0 Å². The Labute approximate surface area is 99.9 Å². The monoisotopic (exact) mass is 232 g/mol. The Morgan fingerprint density at radius 3 is 2.65 bits per heavy atom. The fraction of sp³-hybridized carbons (Fsp3) is 0.385. The van der Waals surface area contributed by atoms with Crippen molar-refractivity contribution in [3.05, 3.63) is 23.9 Å². The SMILES string of the molecule is Cc1cn(CCN)c2cc3c(cc12)OCCO3. The molecule has 1 aliphatic heterocycles. The summed E-state index contributed by atoms with van der Waals surface area (Å²) in [7, 11) is 0. The van der Waals surface area contributed by atoms with Crippen molar-refractivity contribution in [1.82, 2.24) is 4.57 Å². The van der Waals surface area contributed by atoms with Gasteiger partial charge in [-0.2, -0.15) is 0 Å². The first-order valence-corrected chi connectivity index (χ1v) is 5.89. The first kappa shape index (κ1) is 10.5. The molecule has 2 heterocycles. The maximum atomic E-state index is 5.62. The lowest BCUT2D eigenvalue weighted by atomic mass is 10.1. The van der Waals surface area contributed by atoms with Crippen molar-refractivity contribution >= 4 is 10.9 Å². The number of aromatic nitrogens is 1. The first-order chi connectivity index (χ1) is 8.29. The summed E-state index contributed by atoms with van der Waals surface area (Å²) in [6, 6.07) is 4.11. The third-order valence-electron chi connectivity index (χ3n) is 3.11. The highest BCUT2D eigenvalue weighted by Gasteiger charge is 2.15. The molecule has 1 aromatic carbocycles. The topological polar surface area (TPSA) is 49.4 Å². The summed E-state index contributed by atoms with van der Waals surface area (Å²) in [5.41, 5.74) is 8.03. The molecule has 0 aliphatic carbocycles. The molecule has 0 atom stereocenters. The molecule has 0 saturated heterocycles. The fourth-order valence-corrected chi connectivity index (χ4v) is 2.33. The number of ether oxygens (including phenoxy) is 2. The van der Waals surface area contributed by atoms with Crippen molar-refractivity contribution in [2.75, 3.05) is 19.8 Å². The summed E-state index contributed by atoms with van der Waals surface area (Å²) in [5, 5.41) is 1.21. The van der Waals surface area contributed by atoms with E-state index in [9.17, 15) is 0 Å². The summed E-state index contributed by atoms with van der Waals surface area (Å²) >= 11 is 0. The van der Waals surface area contributed by atoms with Crippen LogP contribution in [0, 0.1) is 6.92 Å². The minimum Gasteiger partial charge on any atom is -0.486 e. The van der Waals surface area contributed by atoms with Gasteiger partial charge in [0.25, 0.3) is 0 Å². The average molecular weight is 232 g/mol. The summed E-state index contributed by atoms with van der Waals surface area (Å²) in [6.07, 6.45) is 2.13. The quantitative estimate of drug-likeness (QED) is 0.857. The number of nitrogens with zero attached hydrogens (tertiary/aromatic N) is 1. The zero-order valence-electron chi connectivity index (χ0n) is 9.90. The van der Waals surface area contributed by atoms with Crippen molar-refractivity contribution in [3.63, 3.8) is 0 Å². The molecule has 1 aromatic heterocycles. The summed E-state index contributed by atoms with van der Waals surface area (Å²) < 4.78 is 13.4. The van der Waals surface area contributed by atoms with E-state index >= 15 is 0 Å². The zero-order valence-corrected chi connectivity index (χ0v) is 9.90. The van der Waals surface area contributed by atoms with E-state index in [4.69, 9.17) is 15.2 Å². The minimum absolute atomic E-state index is 0.620. The number of rotatable bonds is 2. The molecule has 3 rings (SSSR count). The Kier molecular flexibility index (Phi) is 2.44. The molecule has 90 valence electrons. The van der Waals surface area contributed by atoms with Gasteiger partial charge in [-0.15, -0.1) is 0 Å². The number of hydrogen-bond acceptors (Lipinski definition) is 3. The minimum atomic E-state index is 0.620. The van der Waals surface area contributed by atoms with Crippen LogP contribution in [-0.4, -0.2) is 24.3 Å². The van der Waals surface area contributed by atoms with Crippen molar-refractivity contribution in [3.8, 4) is 11.5 Å². The predicted molar refractivity (Wildman–Crippen MR) is 66.7 cm³/mol. The van der Waals surface area contributed by atoms with Gasteiger partial charge in [0.1, 0.15) is 13.2 Å². The zero-order chi connectivity index (χ0) is 11.8. The Morgan fingerprint density at radius 2 is 1.94 bits per heavy atom. The number of nitrogens with two attached hydrogens (primary N) is 1. The van der Waals surface area contributed by atoms with Crippen molar-refractivity contribution < 1.29 is 9.47 Å². The van der Waals surface area contributed by atoms with Crippen LogP contribution in [0.25, 0.3) is 10.9 Å². The normalized spacial score (nSPS) is 14.2. The predicted octanol–water partition coefficient (Wildman–Crippen LogP) is 1.68. The molecule has 4 nitrogen and oxygen atoms in total. The van der Waals surface area contributed by atoms with Crippen LogP contribution < -0.4 is 15.2 Å². The van der Waals surface area contributed by atoms with Gasteiger partial charge in [-0.05, 0) is 18.6 Å². The molecule has 1 aliphatic rings. The van der Waals surface area contributed by atoms with E-state index in [0.29, 0.717) is 19.8 Å². The molecule has 0 spiro atoms. The molecule has 2 N–H and O–H groups in total. The van der Waals surface area contributed by atoms with Crippen LogP contribution in [0.5, 0.6) is 11.5 Å². The van der Waals surface area contributed by atoms with Gasteiger partial charge in [0.15, 0.2) is 11.5 Å². The first-order valence-electron chi connectivity index (χ1n) is 5.89. The highest BCUT2D eigenvalue weighted by molar-refractivity contribution is 5.87. The molecule has 0 fully saturated rings. The van der Waals surface area contributed by atoms with Crippen LogP contribution in [0.2, 0.25) is 0 Å². The third kappa shape index (κ3) is 1.65. The summed E-state index contributed by atoms with van der Waals surface area (Å²) in [4.78, 5) is 0. The van der Waals surface area contributed by atoms with Gasteiger partial charge in [0, 0.05) is 30.7 Å². The smallest absolute Gasteiger partial charge is 0.163 e. The van der Waals surface area contributed by atoms with Crippen LogP contribution in [0.1, 0.15) is 5.56 Å². The molecular formula is C13H16N2O2. The van der Waals surface area contributed by atoms with E-state index in [1.807, 2.05) is 6.07 Å². The molecule has 0 bridgehead atoms. The van der Waals surface area contributed by atoms with Gasteiger partial charge in [-0.1, -0.05) is 0 Å². The van der Waals surface area contributed by atoms with E-state index in [-0.39, 0.29) is 0 Å². The van der Waals surface area contributed by atoms with Crippen LogP contribution in [0.15, 0.2) is 18.3 Å². The van der Waals surface area contributed by atoms with Gasteiger partial charge >= 0.3 is 0 Å². The Bertz CT molecular complexity index is 560. The van der Waals surface area contributed by atoms with Crippen molar-refractivity contribution in [2.24, 2.45) is 5.73 Å². The highest BCUT2D eigenvalue weighted by Crippen LogP contribution is 2.36. The van der Waals surface area contributed by atoms with E-state index in [1.165, 1.54) is 10.9 Å². The summed E-state index contributed by atoms with van der Waals surface area (Å²) in [6.45, 7) is 4.81. The molecule has 2 aromatic rings. The molecular weight excluding hydrogens is 216 g/mol. The van der Waals surface area contributed by atoms with Crippen molar-refractivity contribution in [1.29, 1.82) is 0 Å². The lowest BCUT2D eigenvalue weighted by Gasteiger charge is -2.18. The number of fused-ring (bicyclic) bond motifs is 2. The largest absolute Gasteiger partial charge is 0.486 e. The van der Waals surface area contributed by atoms with Gasteiger partial charge in [-0.25, -0.2) is 0 Å². The second-order valence-electron chi connectivity index (χ2n) is 4.31. The van der Waals surface area contributed by atoms with Gasteiger partial charge in [-0.3, -0.25) is 0 Å². The molecule has 0 radical (unpaired) electrons. The molecule has 0 unspecified atom stereocenters. The van der Waals surface area contributed by atoms with Crippen molar-refractivity contribution in [2.45, 2.75) is 13.5 Å². The van der Waals surface area contributed by atoms with Crippen LogP contribution >= 0.6 is 0 Å². The van der Waals surface area contributed by atoms with Crippen LogP contribution in [0.4, 0.5) is 0 Å². The Hall–Kier alpha value is -1.68. The Morgan fingerprint density at radius 1 is 1.24 bits per heavy atom. The molecule has 17 heavy (non-hydrogen) atoms. The van der Waals surface area contributed by atoms with Gasteiger partial charge in [0.05, 0.1) is 5.52 Å². The lowest BCUT2D eigenvalue weighted by Crippen LogP contribution is -2.15. The number of hydrogen-bond donors (Lipinski definition) is 1. The lowest BCUT2D eigenvalue weighted by molar-refractivity contribution is 0.172. The molecule has 4 heteroatoms. The Balaban J connectivity index is 2.20. The van der Waals surface area contributed by atoms with Crippen LogP contribution in [-0.2, 0) is 6.54 Å². The van der Waals surface area contributed by atoms with E-state index in [0.717, 1.165) is 23.6 Å². The van der Waals surface area contributed by atoms with Gasteiger partial charge < -0.3 is 19.8 Å². The van der Waals surface area contributed by atoms with E-state index in [1.54, 1.807) is 0 Å². The van der Waals surface area contributed by atoms with Gasteiger partial charge in [0.2, 0.25) is 0 Å². The van der Waals surface area contributed by atoms with E-state index in [2.05, 4.69) is 23.8 Å². The maximum absolute atomic E-state index is 5.62. The highest BCUT2D eigenvalue weighted by atomic mass is 16.6. The molecule has 0 saturated carbocycles. The fourth-order valence-electron chi connectivity index (χ4n) is 2.33. The standard InChI is InChI=1S/C13H16N2O2/c1-9-8-15(3-2-14)11-7-13-12(6-10(9)11)16-4-5-17-13/h6-8H,2-5,14H2,1H3. The second kappa shape index (κ2) is 3.96. The second-order valence-corrected chi connectivity index (χ2v) is 4.31.